The molecule has 2 aromatic carbocycles. The van der Waals surface area contributed by atoms with Crippen LogP contribution in [0.3, 0.4) is 0 Å². The molecule has 260 valence electrons. The van der Waals surface area contributed by atoms with Gasteiger partial charge < -0.3 is 19.1 Å². The number of pyridine rings is 1. The van der Waals surface area contributed by atoms with Crippen molar-refractivity contribution in [2.75, 3.05) is 25.5 Å². The van der Waals surface area contributed by atoms with Crippen LogP contribution < -0.4 is 15.2 Å². The Bertz CT molecular complexity index is 2150. The normalized spacial score (nSPS) is 21.3. The van der Waals surface area contributed by atoms with E-state index in [1.807, 2.05) is 0 Å². The summed E-state index contributed by atoms with van der Waals surface area (Å²) in [7, 11) is 1.05. The molecular formula is C34H25F6N3O6S. The summed E-state index contributed by atoms with van der Waals surface area (Å²) in [4.78, 5) is 40.8. The Hall–Kier alpha value is -4.99. The fourth-order valence-electron chi connectivity index (χ4n) is 7.70. The molecular weight excluding hydrogens is 692 g/mol. The molecule has 1 saturated heterocycles. The second-order valence-electron chi connectivity index (χ2n) is 12.4. The molecule has 2 aliphatic heterocycles. The summed E-state index contributed by atoms with van der Waals surface area (Å²) >= 11 is 1.21. The maximum Gasteiger partial charge on any atom is 0.510 e. The second kappa shape index (κ2) is 11.3. The summed E-state index contributed by atoms with van der Waals surface area (Å²) in [6.45, 7) is -1.21. The van der Waals surface area contributed by atoms with Gasteiger partial charge in [-0.1, -0.05) is 30.3 Å². The zero-order valence-electron chi connectivity index (χ0n) is 25.9. The molecule has 1 amide bonds. The van der Waals surface area contributed by atoms with Crippen LogP contribution in [0.15, 0.2) is 58.8 Å². The van der Waals surface area contributed by atoms with E-state index in [0.29, 0.717) is 27.1 Å². The Labute approximate surface area is 283 Å². The van der Waals surface area contributed by atoms with Crippen LogP contribution in [0.25, 0.3) is 21.6 Å². The summed E-state index contributed by atoms with van der Waals surface area (Å²) in [6, 6.07) is 9.03. The number of alkyl halides is 5. The fraction of sp³-hybridized carbons (Fsp3) is 0.324. The van der Waals surface area contributed by atoms with E-state index in [2.05, 4.69) is 4.74 Å². The van der Waals surface area contributed by atoms with E-state index in [1.54, 1.807) is 29.6 Å². The van der Waals surface area contributed by atoms with Crippen LogP contribution in [-0.4, -0.2) is 54.4 Å². The van der Waals surface area contributed by atoms with E-state index in [9.17, 15) is 27.6 Å². The molecule has 0 bridgehead atoms. The molecule has 0 spiro atoms. The second-order valence-corrected chi connectivity index (χ2v) is 13.3. The van der Waals surface area contributed by atoms with Crippen molar-refractivity contribution in [3.63, 3.8) is 0 Å². The quantitative estimate of drug-likeness (QED) is 0.128. The van der Waals surface area contributed by atoms with Crippen molar-refractivity contribution < 1.29 is 50.1 Å². The van der Waals surface area contributed by atoms with Crippen LogP contribution in [0.4, 0.5) is 31.1 Å². The molecule has 2 aliphatic carbocycles. The van der Waals surface area contributed by atoms with Crippen molar-refractivity contribution in [1.82, 2.24) is 9.58 Å². The smallest absolute Gasteiger partial charge is 0.451 e. The Kier molecular flexibility index (Phi) is 7.26. The van der Waals surface area contributed by atoms with Gasteiger partial charge in [-0.25, -0.2) is 18.0 Å². The number of piperidine rings is 1. The third-order valence-electron chi connectivity index (χ3n) is 9.78. The predicted octanol–water partition coefficient (Wildman–Crippen LogP) is 6.95. The number of ether oxygens (including phenoxy) is 3. The molecule has 4 aromatic rings. The van der Waals surface area contributed by atoms with E-state index in [1.165, 1.54) is 38.2 Å². The fourth-order valence-corrected chi connectivity index (χ4v) is 8.83. The molecule has 50 heavy (non-hydrogen) atoms. The van der Waals surface area contributed by atoms with Gasteiger partial charge in [0.05, 0.1) is 24.6 Å². The summed E-state index contributed by atoms with van der Waals surface area (Å²) in [5, 5.41) is 3.07. The van der Waals surface area contributed by atoms with Gasteiger partial charge in [-0.2, -0.15) is 13.2 Å². The van der Waals surface area contributed by atoms with Gasteiger partial charge in [-0.05, 0) is 46.5 Å². The van der Waals surface area contributed by atoms with Crippen molar-refractivity contribution in [2.24, 2.45) is 5.92 Å². The number of carbonyl (C=O) groups is 2. The number of aromatic nitrogens is 1. The molecule has 1 fully saturated rings. The molecule has 8 rings (SSSR count). The van der Waals surface area contributed by atoms with E-state index >= 15 is 13.2 Å². The first-order valence-electron chi connectivity index (χ1n) is 15.5. The van der Waals surface area contributed by atoms with Crippen molar-refractivity contribution in [2.45, 2.75) is 43.6 Å². The first-order valence-corrected chi connectivity index (χ1v) is 16.4. The lowest BCUT2D eigenvalue weighted by Crippen LogP contribution is -2.65. The third-order valence-corrected chi connectivity index (χ3v) is 10.8. The molecule has 0 saturated carbocycles. The zero-order chi connectivity index (χ0) is 35.3. The van der Waals surface area contributed by atoms with Crippen molar-refractivity contribution in [3.05, 3.63) is 98.0 Å². The molecule has 0 N–H and O–H groups in total. The van der Waals surface area contributed by atoms with Crippen LogP contribution in [0, 0.1) is 11.7 Å². The summed E-state index contributed by atoms with van der Waals surface area (Å²) in [5.74, 6) is -7.95. The van der Waals surface area contributed by atoms with Gasteiger partial charge in [0.25, 0.3) is 11.8 Å². The summed E-state index contributed by atoms with van der Waals surface area (Å²) in [5.41, 5.74) is -0.0683. The molecule has 4 aliphatic rings. The van der Waals surface area contributed by atoms with Crippen molar-refractivity contribution >= 4 is 23.4 Å². The zero-order valence-corrected chi connectivity index (χ0v) is 26.7. The number of nitrogens with zero attached hydrogens (tertiary/aromatic N) is 3. The lowest BCUT2D eigenvalue weighted by atomic mass is 9.80. The number of benzene rings is 2. The standard InChI is InChI=1S/C34H25F6N3O6S/c1-47-32(46)49-15-48-29-22(44)9-11-42-28(29)31(45)41-10-8-17(34(38,39)40)12-23(41)43(42)27-18-4-2-3-5-19(18)30-24-16(14-50-30)13-33(36,37)26-21(35)7-6-20(27)25(24)26/h2-7,9,11,14,17,23,27H,8,10,12-13,15H2,1H3/t17?,23-,27-/m1/s1. The largest absolute Gasteiger partial charge is 0.510 e. The number of amides is 1. The molecule has 3 atom stereocenters. The summed E-state index contributed by atoms with van der Waals surface area (Å²) in [6.07, 6.45) is -7.63. The summed E-state index contributed by atoms with van der Waals surface area (Å²) < 4.78 is 106. The van der Waals surface area contributed by atoms with Crippen LogP contribution in [0.5, 0.6) is 5.75 Å². The minimum atomic E-state index is -4.62. The number of fused-ring (bicyclic) bond motifs is 4. The van der Waals surface area contributed by atoms with Gasteiger partial charge in [-0.3, -0.25) is 19.3 Å². The number of rotatable bonds is 4. The Morgan fingerprint density at radius 2 is 1.84 bits per heavy atom. The highest BCUT2D eigenvalue weighted by molar-refractivity contribution is 7.14. The number of carbonyl (C=O) groups excluding carboxylic acids is 2. The SMILES string of the molecule is COC(=O)OCOc1c2n(ccc1=O)N([C@@H]1c3ccccc3-c3scc4c3-c3c1ccc(F)c3C(F)(F)C4)[C@@H]1CC(C(F)(F)F)CCN1C2=O. The van der Waals surface area contributed by atoms with Crippen LogP contribution in [0.2, 0.25) is 0 Å². The Morgan fingerprint density at radius 3 is 2.60 bits per heavy atom. The molecule has 2 aromatic heterocycles. The minimum absolute atomic E-state index is 0.0640. The number of halogens is 6. The van der Waals surface area contributed by atoms with Gasteiger partial charge in [0.2, 0.25) is 18.0 Å². The molecule has 16 heteroatoms. The lowest BCUT2D eigenvalue weighted by Gasteiger charge is -2.53. The number of methoxy groups -OCH3 is 1. The number of hydrogen-bond acceptors (Lipinski definition) is 8. The molecule has 9 nitrogen and oxygen atoms in total. The lowest BCUT2D eigenvalue weighted by molar-refractivity contribution is -0.189. The van der Waals surface area contributed by atoms with Crippen LogP contribution in [-0.2, 0) is 21.8 Å². The first kappa shape index (κ1) is 32.2. The third kappa shape index (κ3) is 4.71. The van der Waals surface area contributed by atoms with E-state index in [0.717, 1.165) is 19.2 Å². The van der Waals surface area contributed by atoms with E-state index in [4.69, 9.17) is 9.47 Å². The van der Waals surface area contributed by atoms with Crippen molar-refractivity contribution in [3.8, 4) is 27.3 Å². The minimum Gasteiger partial charge on any atom is -0.451 e. The van der Waals surface area contributed by atoms with Gasteiger partial charge in [0, 0.05) is 41.2 Å². The van der Waals surface area contributed by atoms with Gasteiger partial charge in [-0.15, -0.1) is 11.3 Å². The maximum absolute atomic E-state index is 15.9. The number of hydrogen-bond donors (Lipinski definition) is 0. The van der Waals surface area contributed by atoms with Gasteiger partial charge in [0.1, 0.15) is 12.0 Å². The highest BCUT2D eigenvalue weighted by atomic mass is 32.1. The highest BCUT2D eigenvalue weighted by Crippen LogP contribution is 2.58. The van der Waals surface area contributed by atoms with Crippen molar-refractivity contribution in [1.29, 1.82) is 0 Å². The average Bonchev–Trinajstić information content (AvgIpc) is 3.44. The molecule has 0 radical (unpaired) electrons. The molecule has 4 heterocycles. The predicted molar refractivity (Wildman–Crippen MR) is 166 cm³/mol. The van der Waals surface area contributed by atoms with Gasteiger partial charge >= 0.3 is 12.3 Å². The number of thiophene rings is 1. The van der Waals surface area contributed by atoms with Gasteiger partial charge in [0.15, 0.2) is 5.69 Å². The van der Waals surface area contributed by atoms with E-state index < -0.39 is 90.9 Å². The average molecular weight is 718 g/mol. The monoisotopic (exact) mass is 717 g/mol. The van der Waals surface area contributed by atoms with E-state index in [-0.39, 0.29) is 23.4 Å². The highest BCUT2D eigenvalue weighted by Gasteiger charge is 2.54. The molecule has 1 unspecified atom stereocenters. The Morgan fingerprint density at radius 1 is 1.06 bits per heavy atom. The first-order chi connectivity index (χ1) is 23.8. The topological polar surface area (TPSA) is 90.3 Å². The maximum atomic E-state index is 15.9. The van der Waals surface area contributed by atoms with Crippen LogP contribution >= 0.6 is 11.3 Å². The van der Waals surface area contributed by atoms with Crippen LogP contribution in [0.1, 0.15) is 51.6 Å². The Balaban J connectivity index is 1.42.